The summed E-state index contributed by atoms with van der Waals surface area (Å²) in [5.41, 5.74) is 7.47. The second-order valence-corrected chi connectivity index (χ2v) is 5.73. The quantitative estimate of drug-likeness (QED) is 0.804. The van der Waals surface area contributed by atoms with Crippen molar-refractivity contribution in [3.63, 3.8) is 0 Å². The molecule has 0 aliphatic carbocycles. The first-order valence-corrected chi connectivity index (χ1v) is 7.27. The maximum Gasteiger partial charge on any atom is 0.212 e. The summed E-state index contributed by atoms with van der Waals surface area (Å²) in [6, 6.07) is 7.66. The number of aryl methyl sites for hydroxylation is 1. The number of hydrogen-bond donors (Lipinski definition) is 1. The fourth-order valence-corrected chi connectivity index (χ4v) is 2.90. The van der Waals surface area contributed by atoms with Gasteiger partial charge in [-0.3, -0.25) is 0 Å². The van der Waals surface area contributed by atoms with Gasteiger partial charge < -0.3 is 5.73 Å². The second kappa shape index (κ2) is 5.28. The summed E-state index contributed by atoms with van der Waals surface area (Å²) in [5, 5.41) is 6.31. The summed E-state index contributed by atoms with van der Waals surface area (Å²) in [5.74, 6) is 0. The Balaban J connectivity index is 1.90. The van der Waals surface area contributed by atoms with Gasteiger partial charge >= 0.3 is 0 Å². The van der Waals surface area contributed by atoms with Gasteiger partial charge in [-0.2, -0.15) is 5.10 Å². The van der Waals surface area contributed by atoms with Crippen LogP contribution in [0.25, 0.3) is 16.2 Å². The van der Waals surface area contributed by atoms with E-state index in [0.717, 1.165) is 39.1 Å². The molecule has 0 atom stereocenters. The number of hydrogen-bond acceptors (Lipinski definition) is 4. The van der Waals surface area contributed by atoms with Crippen LogP contribution < -0.4 is 5.73 Å². The minimum Gasteiger partial charge on any atom is -0.330 e. The van der Waals surface area contributed by atoms with Gasteiger partial charge in [0.25, 0.3) is 0 Å². The lowest BCUT2D eigenvalue weighted by molar-refractivity contribution is 0.799. The van der Waals surface area contributed by atoms with E-state index in [9.17, 15) is 0 Å². The Labute approximate surface area is 119 Å². The Morgan fingerprint density at radius 1 is 1.26 bits per heavy atom. The topological polar surface area (TPSA) is 56.2 Å². The molecule has 4 nitrogen and oxygen atoms in total. The molecule has 0 aliphatic rings. The third-order valence-electron chi connectivity index (χ3n) is 2.82. The van der Waals surface area contributed by atoms with Gasteiger partial charge in [0.2, 0.25) is 4.96 Å². The molecule has 2 aromatic heterocycles. The van der Waals surface area contributed by atoms with Crippen LogP contribution in [0.2, 0.25) is 5.02 Å². The standard InChI is InChI=1S/C13H13ClN4S/c14-10-5-3-9(4-6-10)11-8-18-13(16-11)19-12(17-18)2-1-7-15/h3-6,8H,1-2,7,15H2. The highest BCUT2D eigenvalue weighted by Gasteiger charge is 2.09. The Bertz CT molecular complexity index is 655. The zero-order valence-electron chi connectivity index (χ0n) is 10.2. The summed E-state index contributed by atoms with van der Waals surface area (Å²) >= 11 is 7.49. The number of halogens is 1. The number of rotatable bonds is 4. The lowest BCUT2D eigenvalue weighted by atomic mass is 10.2. The normalized spacial score (nSPS) is 11.3. The minimum absolute atomic E-state index is 0.692. The molecule has 0 radical (unpaired) electrons. The molecular formula is C13H13ClN4S. The first-order valence-electron chi connectivity index (χ1n) is 6.07. The maximum absolute atomic E-state index is 5.88. The average molecular weight is 293 g/mol. The largest absolute Gasteiger partial charge is 0.330 e. The number of fused-ring (bicyclic) bond motifs is 1. The van der Waals surface area contributed by atoms with E-state index in [2.05, 4.69) is 10.1 Å². The maximum atomic E-state index is 5.88. The predicted octanol–water partition coefficient (Wildman–Crippen LogP) is 3.00. The monoisotopic (exact) mass is 292 g/mol. The molecular weight excluding hydrogens is 280 g/mol. The van der Waals surface area contributed by atoms with Gasteiger partial charge in [0.1, 0.15) is 5.01 Å². The predicted molar refractivity (Wildman–Crippen MR) is 78.7 cm³/mol. The van der Waals surface area contributed by atoms with E-state index in [-0.39, 0.29) is 0 Å². The van der Waals surface area contributed by atoms with Crippen LogP contribution in [0, 0.1) is 0 Å². The lowest BCUT2D eigenvalue weighted by Crippen LogP contribution is -2.00. The van der Waals surface area contributed by atoms with Crippen LogP contribution in [0.5, 0.6) is 0 Å². The Hall–Kier alpha value is -1.43. The molecule has 19 heavy (non-hydrogen) atoms. The molecule has 2 heterocycles. The SMILES string of the molecule is NCCCc1nn2cc(-c3ccc(Cl)cc3)nc2s1. The first kappa shape index (κ1) is 12.6. The zero-order chi connectivity index (χ0) is 13.2. The Kier molecular flexibility index (Phi) is 3.50. The zero-order valence-corrected chi connectivity index (χ0v) is 11.8. The third kappa shape index (κ3) is 2.63. The molecule has 0 saturated carbocycles. The van der Waals surface area contributed by atoms with E-state index < -0.39 is 0 Å². The molecule has 0 aliphatic heterocycles. The van der Waals surface area contributed by atoms with Crippen molar-refractivity contribution in [1.29, 1.82) is 0 Å². The van der Waals surface area contributed by atoms with Crippen molar-refractivity contribution in [2.75, 3.05) is 6.54 Å². The van der Waals surface area contributed by atoms with Crippen molar-refractivity contribution < 1.29 is 0 Å². The van der Waals surface area contributed by atoms with Gasteiger partial charge in [-0.1, -0.05) is 35.1 Å². The Morgan fingerprint density at radius 3 is 2.74 bits per heavy atom. The molecule has 1 aromatic carbocycles. The molecule has 0 fully saturated rings. The van der Waals surface area contributed by atoms with Crippen LogP contribution in [-0.2, 0) is 6.42 Å². The lowest BCUT2D eigenvalue weighted by Gasteiger charge is -1.95. The third-order valence-corrected chi connectivity index (χ3v) is 4.05. The number of aromatic nitrogens is 3. The molecule has 0 saturated heterocycles. The molecule has 0 bridgehead atoms. The molecule has 3 rings (SSSR count). The van der Waals surface area contributed by atoms with E-state index in [4.69, 9.17) is 17.3 Å². The average Bonchev–Trinajstić information content (AvgIpc) is 2.95. The number of nitrogens with zero attached hydrogens (tertiary/aromatic N) is 3. The summed E-state index contributed by atoms with van der Waals surface area (Å²) < 4.78 is 1.83. The van der Waals surface area contributed by atoms with Crippen LogP contribution in [0.3, 0.4) is 0 Å². The highest BCUT2D eigenvalue weighted by atomic mass is 35.5. The van der Waals surface area contributed by atoms with Crippen molar-refractivity contribution in [3.8, 4) is 11.3 Å². The molecule has 0 spiro atoms. The molecule has 0 amide bonds. The van der Waals surface area contributed by atoms with Gasteiger partial charge in [-0.15, -0.1) is 0 Å². The number of imidazole rings is 1. The molecule has 3 aromatic rings. The minimum atomic E-state index is 0.692. The van der Waals surface area contributed by atoms with E-state index in [1.165, 1.54) is 0 Å². The summed E-state index contributed by atoms with van der Waals surface area (Å²) in [4.78, 5) is 5.50. The second-order valence-electron chi connectivity index (χ2n) is 4.25. The van der Waals surface area contributed by atoms with Crippen LogP contribution in [0.15, 0.2) is 30.5 Å². The highest BCUT2D eigenvalue weighted by molar-refractivity contribution is 7.16. The van der Waals surface area contributed by atoms with Crippen LogP contribution in [0.1, 0.15) is 11.4 Å². The van der Waals surface area contributed by atoms with E-state index in [0.29, 0.717) is 6.54 Å². The Morgan fingerprint density at radius 2 is 2.05 bits per heavy atom. The van der Waals surface area contributed by atoms with Gasteiger partial charge in [-0.25, -0.2) is 9.50 Å². The van der Waals surface area contributed by atoms with Gasteiger partial charge in [-0.05, 0) is 25.1 Å². The van der Waals surface area contributed by atoms with Crippen LogP contribution in [-0.4, -0.2) is 21.1 Å². The van der Waals surface area contributed by atoms with Crippen molar-refractivity contribution in [1.82, 2.24) is 14.6 Å². The molecule has 2 N–H and O–H groups in total. The van der Waals surface area contributed by atoms with E-state index in [1.54, 1.807) is 11.3 Å². The van der Waals surface area contributed by atoms with Crippen LogP contribution >= 0.6 is 22.9 Å². The van der Waals surface area contributed by atoms with Crippen molar-refractivity contribution in [2.24, 2.45) is 5.73 Å². The molecule has 98 valence electrons. The van der Waals surface area contributed by atoms with Crippen molar-refractivity contribution >= 4 is 27.9 Å². The smallest absolute Gasteiger partial charge is 0.212 e. The number of nitrogens with two attached hydrogens (primary N) is 1. The highest BCUT2D eigenvalue weighted by Crippen LogP contribution is 2.23. The van der Waals surface area contributed by atoms with Crippen molar-refractivity contribution in [3.05, 3.63) is 40.5 Å². The van der Waals surface area contributed by atoms with Crippen LogP contribution in [0.4, 0.5) is 0 Å². The fraction of sp³-hybridized carbons (Fsp3) is 0.231. The van der Waals surface area contributed by atoms with E-state index >= 15 is 0 Å². The van der Waals surface area contributed by atoms with Gasteiger partial charge in [0.05, 0.1) is 11.9 Å². The molecule has 0 unspecified atom stereocenters. The number of benzene rings is 1. The van der Waals surface area contributed by atoms with E-state index in [1.807, 2.05) is 35.0 Å². The fourth-order valence-electron chi connectivity index (χ4n) is 1.86. The summed E-state index contributed by atoms with van der Waals surface area (Å²) in [6.45, 7) is 0.692. The molecule has 6 heteroatoms. The summed E-state index contributed by atoms with van der Waals surface area (Å²) in [6.07, 6.45) is 3.82. The van der Waals surface area contributed by atoms with Crippen molar-refractivity contribution in [2.45, 2.75) is 12.8 Å². The van der Waals surface area contributed by atoms with Gasteiger partial charge in [0.15, 0.2) is 0 Å². The van der Waals surface area contributed by atoms with Gasteiger partial charge in [0, 0.05) is 17.0 Å². The first-order chi connectivity index (χ1) is 9.26. The summed E-state index contributed by atoms with van der Waals surface area (Å²) in [7, 11) is 0.